The third-order valence-electron chi connectivity index (χ3n) is 0.700. The van der Waals surface area contributed by atoms with Crippen molar-refractivity contribution in [1.82, 2.24) is 0 Å². The number of aliphatic hydroxyl groups is 1. The number of carbonyl (C=O) groups is 2. The summed E-state index contributed by atoms with van der Waals surface area (Å²) in [7, 11) is 0. The Morgan fingerprint density at radius 2 is 1.82 bits per heavy atom. The molecule has 0 amide bonds. The third kappa shape index (κ3) is 5.17. The predicted octanol–water partition coefficient (Wildman–Crippen LogP) is 0.835. The van der Waals surface area contributed by atoms with Gasteiger partial charge in [0, 0.05) is 0 Å². The van der Waals surface area contributed by atoms with E-state index in [9.17, 15) is 9.59 Å². The molecule has 0 spiro atoms. The molecule has 0 radical (unpaired) electrons. The van der Waals surface area contributed by atoms with E-state index in [2.05, 4.69) is 0 Å². The average Bonchev–Trinajstić information content (AvgIpc) is 1.86. The van der Waals surface area contributed by atoms with E-state index < -0.39 is 17.0 Å². The highest BCUT2D eigenvalue weighted by Gasteiger charge is 1.99. The van der Waals surface area contributed by atoms with Crippen molar-refractivity contribution < 1.29 is 19.8 Å². The quantitative estimate of drug-likeness (QED) is 0.289. The van der Waals surface area contributed by atoms with Crippen molar-refractivity contribution >= 4 is 22.8 Å². The monoisotopic (exact) mass is 176 g/mol. The van der Waals surface area contributed by atoms with Crippen LogP contribution in [0.3, 0.4) is 0 Å². The van der Waals surface area contributed by atoms with Crippen LogP contribution in [0.2, 0.25) is 0 Å². The first-order valence-electron chi connectivity index (χ1n) is 2.54. The van der Waals surface area contributed by atoms with Gasteiger partial charge in [0.1, 0.15) is 0 Å². The molecule has 0 aromatic heterocycles. The highest BCUT2D eigenvalue weighted by molar-refractivity contribution is 6.66. The molecule has 0 aliphatic rings. The first-order chi connectivity index (χ1) is 5.04. The number of carboxylic acid groups (broad SMARTS) is 1. The predicted molar refractivity (Wildman–Crippen MR) is 38.3 cm³/mol. The minimum atomic E-state index is -1.46. The lowest BCUT2D eigenvalue weighted by Crippen LogP contribution is -1.97. The lowest BCUT2D eigenvalue weighted by molar-refractivity contribution is -0.135. The molecule has 0 bridgehead atoms. The molecule has 11 heavy (non-hydrogen) atoms. The third-order valence-corrected chi connectivity index (χ3v) is 0.826. The van der Waals surface area contributed by atoms with Gasteiger partial charge in [-0.3, -0.25) is 4.79 Å². The Labute approximate surface area is 67.4 Å². The van der Waals surface area contributed by atoms with Crippen molar-refractivity contribution in [2.24, 2.45) is 0 Å². The number of aliphatic hydroxyl groups excluding tert-OH is 1. The van der Waals surface area contributed by atoms with Crippen molar-refractivity contribution in [3.63, 3.8) is 0 Å². The van der Waals surface area contributed by atoms with Gasteiger partial charge in [0.2, 0.25) is 11.0 Å². The Morgan fingerprint density at radius 3 is 2.18 bits per heavy atom. The fraction of sp³-hybridized carbons (Fsp3) is 0. The number of allylic oxidation sites excluding steroid dienone is 3. The molecule has 60 valence electrons. The fourth-order valence-corrected chi connectivity index (χ4v) is 0.359. The summed E-state index contributed by atoms with van der Waals surface area (Å²) in [5.41, 5.74) is 0. The Hall–Kier alpha value is -1.29. The number of rotatable bonds is 3. The van der Waals surface area contributed by atoms with E-state index in [0.717, 1.165) is 18.2 Å². The topological polar surface area (TPSA) is 74.6 Å². The van der Waals surface area contributed by atoms with E-state index in [4.69, 9.17) is 21.8 Å². The van der Waals surface area contributed by atoms with Gasteiger partial charge < -0.3 is 10.2 Å². The number of carbonyl (C=O) groups excluding carboxylic acids is 1. The Bertz CT molecular complexity index is 229. The Balaban J connectivity index is 4.13. The minimum Gasteiger partial charge on any atom is -0.502 e. The maximum absolute atomic E-state index is 10.0. The van der Waals surface area contributed by atoms with Gasteiger partial charge in [0.25, 0.3) is 0 Å². The zero-order valence-electron chi connectivity index (χ0n) is 5.32. The highest BCUT2D eigenvalue weighted by atomic mass is 35.5. The molecule has 0 aromatic rings. The van der Waals surface area contributed by atoms with E-state index in [1.54, 1.807) is 0 Å². The molecule has 0 atom stereocenters. The zero-order chi connectivity index (χ0) is 8.85. The van der Waals surface area contributed by atoms with Gasteiger partial charge in [-0.15, -0.1) is 0 Å². The van der Waals surface area contributed by atoms with Crippen molar-refractivity contribution in [3.8, 4) is 0 Å². The number of carboxylic acids is 1. The average molecular weight is 177 g/mol. The molecule has 5 heteroatoms. The molecular formula is C6H5ClO4. The lowest BCUT2D eigenvalue weighted by atomic mass is 10.4. The van der Waals surface area contributed by atoms with Gasteiger partial charge in [-0.1, -0.05) is 6.08 Å². The van der Waals surface area contributed by atoms with Crippen molar-refractivity contribution in [3.05, 3.63) is 24.0 Å². The maximum Gasteiger partial charge on any atom is 0.370 e. The number of hydrogen-bond acceptors (Lipinski definition) is 3. The molecule has 0 rings (SSSR count). The second-order valence-electron chi connectivity index (χ2n) is 1.52. The van der Waals surface area contributed by atoms with Crippen LogP contribution >= 0.6 is 11.6 Å². The van der Waals surface area contributed by atoms with Crippen LogP contribution in [0.25, 0.3) is 0 Å². The van der Waals surface area contributed by atoms with Crippen LogP contribution in [-0.2, 0) is 9.59 Å². The standard InChI is InChI=1S/C6H5ClO4/c7-5(9)3-1-2-4(8)6(10)11/h1-3,8H,(H,10,11). The van der Waals surface area contributed by atoms with Crippen molar-refractivity contribution in [1.29, 1.82) is 0 Å². The van der Waals surface area contributed by atoms with E-state index in [0.29, 0.717) is 0 Å². The molecular weight excluding hydrogens is 172 g/mol. The van der Waals surface area contributed by atoms with Crippen LogP contribution < -0.4 is 0 Å². The second-order valence-corrected chi connectivity index (χ2v) is 1.89. The van der Waals surface area contributed by atoms with Crippen LogP contribution in [0.5, 0.6) is 0 Å². The normalized spacial score (nSPS) is 11.9. The molecule has 0 aliphatic carbocycles. The zero-order valence-corrected chi connectivity index (χ0v) is 6.08. The van der Waals surface area contributed by atoms with Gasteiger partial charge in [-0.25, -0.2) is 4.79 Å². The molecule has 0 unspecified atom stereocenters. The molecule has 0 heterocycles. The van der Waals surface area contributed by atoms with Gasteiger partial charge in [0.05, 0.1) is 0 Å². The van der Waals surface area contributed by atoms with Gasteiger partial charge in [0.15, 0.2) is 0 Å². The first-order valence-corrected chi connectivity index (χ1v) is 2.92. The van der Waals surface area contributed by atoms with Gasteiger partial charge in [-0.05, 0) is 23.8 Å². The van der Waals surface area contributed by atoms with E-state index in [-0.39, 0.29) is 0 Å². The van der Waals surface area contributed by atoms with E-state index >= 15 is 0 Å². The molecule has 0 aliphatic heterocycles. The molecule has 2 N–H and O–H groups in total. The van der Waals surface area contributed by atoms with Crippen LogP contribution in [-0.4, -0.2) is 21.4 Å². The lowest BCUT2D eigenvalue weighted by Gasteiger charge is -1.85. The SMILES string of the molecule is O=C(Cl)C=CC=C(O)C(=O)O. The summed E-state index contributed by atoms with van der Waals surface area (Å²) >= 11 is 4.86. The molecule has 4 nitrogen and oxygen atoms in total. The first kappa shape index (κ1) is 9.71. The summed E-state index contributed by atoms with van der Waals surface area (Å²) in [5.74, 6) is -2.31. The van der Waals surface area contributed by atoms with E-state index in [1.807, 2.05) is 0 Å². The molecule has 0 saturated heterocycles. The Kier molecular flexibility index (Phi) is 3.98. The van der Waals surface area contributed by atoms with Crippen molar-refractivity contribution in [2.75, 3.05) is 0 Å². The Morgan fingerprint density at radius 1 is 1.27 bits per heavy atom. The number of halogens is 1. The molecule has 0 aromatic carbocycles. The fourth-order valence-electron chi connectivity index (χ4n) is 0.286. The van der Waals surface area contributed by atoms with Crippen LogP contribution in [0.15, 0.2) is 24.0 Å². The summed E-state index contributed by atoms with van der Waals surface area (Å²) in [6.07, 6.45) is 2.81. The van der Waals surface area contributed by atoms with Crippen LogP contribution in [0.4, 0.5) is 0 Å². The minimum absolute atomic E-state index is 0.737. The van der Waals surface area contributed by atoms with Crippen LogP contribution in [0.1, 0.15) is 0 Å². The second kappa shape index (κ2) is 4.51. The summed E-state index contributed by atoms with van der Waals surface area (Å²) in [6, 6.07) is 0. The molecule has 0 saturated carbocycles. The summed E-state index contributed by atoms with van der Waals surface area (Å²) in [6.45, 7) is 0. The summed E-state index contributed by atoms with van der Waals surface area (Å²) < 4.78 is 0. The van der Waals surface area contributed by atoms with Gasteiger partial charge >= 0.3 is 5.97 Å². The van der Waals surface area contributed by atoms with Gasteiger partial charge in [-0.2, -0.15) is 0 Å². The number of hydrogen-bond donors (Lipinski definition) is 2. The summed E-state index contributed by atoms with van der Waals surface area (Å²) in [5, 5.41) is 15.8. The summed E-state index contributed by atoms with van der Waals surface area (Å²) in [4.78, 5) is 19.9. The smallest absolute Gasteiger partial charge is 0.370 e. The van der Waals surface area contributed by atoms with E-state index in [1.165, 1.54) is 0 Å². The van der Waals surface area contributed by atoms with Crippen molar-refractivity contribution in [2.45, 2.75) is 0 Å². The maximum atomic E-state index is 10.0. The molecule has 0 fully saturated rings. The largest absolute Gasteiger partial charge is 0.502 e. The van der Waals surface area contributed by atoms with Crippen LogP contribution in [0, 0.1) is 0 Å². The highest BCUT2D eigenvalue weighted by Crippen LogP contribution is 1.90. The number of aliphatic carboxylic acids is 1.